The largest absolute Gasteiger partial charge is 0.480 e. The Morgan fingerprint density at radius 2 is 1.59 bits per heavy atom. The highest BCUT2D eigenvalue weighted by molar-refractivity contribution is 7.80. The van der Waals surface area contributed by atoms with Gasteiger partial charge in [-0.25, -0.2) is 4.79 Å². The average Bonchev–Trinajstić information content (AvgIpc) is 2.80. The number of carboxylic acid groups (broad SMARTS) is 1. The molecule has 1 aromatic carbocycles. The van der Waals surface area contributed by atoms with E-state index >= 15 is 0 Å². The van der Waals surface area contributed by atoms with E-state index in [0.717, 1.165) is 5.56 Å². The quantitative estimate of drug-likeness (QED) is 0.106. The van der Waals surface area contributed by atoms with Gasteiger partial charge in [-0.05, 0) is 38.3 Å². The van der Waals surface area contributed by atoms with Crippen LogP contribution in [-0.4, -0.2) is 76.5 Å². The summed E-state index contributed by atoms with van der Waals surface area (Å²) in [6, 6.07) is 4.12. The number of carboxylic acids is 1. The van der Waals surface area contributed by atoms with E-state index in [0.29, 0.717) is 19.4 Å². The summed E-state index contributed by atoms with van der Waals surface area (Å²) in [5.74, 6) is -3.38. The molecule has 5 atom stereocenters. The van der Waals surface area contributed by atoms with Crippen LogP contribution in [0.2, 0.25) is 0 Å². The van der Waals surface area contributed by atoms with Crippen molar-refractivity contribution in [3.8, 4) is 0 Å². The molecule has 1 rings (SSSR count). The van der Waals surface area contributed by atoms with Crippen molar-refractivity contribution in [2.24, 2.45) is 11.5 Å². The van der Waals surface area contributed by atoms with Crippen molar-refractivity contribution in [3.63, 3.8) is 0 Å². The molecule has 0 spiro atoms. The van der Waals surface area contributed by atoms with Gasteiger partial charge in [-0.15, -0.1) is 0 Å². The molecule has 0 aliphatic rings. The summed E-state index contributed by atoms with van der Waals surface area (Å²) < 4.78 is 0. The minimum atomic E-state index is -1.37. The first-order valence-electron chi connectivity index (χ1n) is 11.0. The molecular weight excluding hydrogens is 462 g/mol. The number of carbonyl (C=O) groups is 4. The van der Waals surface area contributed by atoms with Gasteiger partial charge in [0.25, 0.3) is 0 Å². The molecule has 190 valence electrons. The van der Waals surface area contributed by atoms with Crippen LogP contribution in [0.4, 0.5) is 0 Å². The highest BCUT2D eigenvalue weighted by atomic mass is 32.1. The van der Waals surface area contributed by atoms with Crippen molar-refractivity contribution >= 4 is 36.3 Å². The van der Waals surface area contributed by atoms with Gasteiger partial charge in [0.05, 0.1) is 12.1 Å². The molecule has 5 unspecified atom stereocenters. The van der Waals surface area contributed by atoms with E-state index in [2.05, 4.69) is 28.6 Å². The number of aliphatic hydroxyl groups excluding tert-OH is 1. The number of nitrogens with two attached hydrogens (primary N) is 2. The highest BCUT2D eigenvalue weighted by Crippen LogP contribution is 2.07. The minimum Gasteiger partial charge on any atom is -0.480 e. The maximum Gasteiger partial charge on any atom is 0.326 e. The van der Waals surface area contributed by atoms with E-state index in [1.54, 1.807) is 30.3 Å². The van der Waals surface area contributed by atoms with Crippen LogP contribution in [0.15, 0.2) is 30.3 Å². The lowest BCUT2D eigenvalue weighted by Gasteiger charge is -2.26. The van der Waals surface area contributed by atoms with Crippen molar-refractivity contribution in [3.05, 3.63) is 35.9 Å². The van der Waals surface area contributed by atoms with Crippen LogP contribution in [0.5, 0.6) is 0 Å². The Kier molecular flexibility index (Phi) is 13.2. The zero-order valence-corrected chi connectivity index (χ0v) is 20.0. The zero-order valence-electron chi connectivity index (χ0n) is 19.1. The topological polar surface area (TPSA) is 197 Å². The Morgan fingerprint density at radius 1 is 0.971 bits per heavy atom. The summed E-state index contributed by atoms with van der Waals surface area (Å²) in [5, 5.41) is 26.9. The van der Waals surface area contributed by atoms with Gasteiger partial charge < -0.3 is 37.6 Å². The Morgan fingerprint density at radius 3 is 2.12 bits per heavy atom. The first-order valence-corrected chi connectivity index (χ1v) is 11.7. The molecule has 11 nitrogen and oxygen atoms in total. The van der Waals surface area contributed by atoms with Gasteiger partial charge in [-0.2, -0.15) is 12.6 Å². The van der Waals surface area contributed by atoms with Gasteiger partial charge in [0, 0.05) is 12.2 Å². The molecule has 34 heavy (non-hydrogen) atoms. The molecule has 0 aromatic heterocycles. The van der Waals surface area contributed by atoms with Gasteiger partial charge in [0.2, 0.25) is 17.7 Å². The molecule has 1 aromatic rings. The van der Waals surface area contributed by atoms with Gasteiger partial charge >= 0.3 is 5.97 Å². The molecule has 0 heterocycles. The van der Waals surface area contributed by atoms with E-state index < -0.39 is 54.0 Å². The molecule has 0 aliphatic carbocycles. The maximum absolute atomic E-state index is 12.9. The molecule has 0 radical (unpaired) electrons. The summed E-state index contributed by atoms with van der Waals surface area (Å²) >= 11 is 3.93. The third-order valence-corrected chi connectivity index (χ3v) is 5.47. The van der Waals surface area contributed by atoms with Crippen molar-refractivity contribution in [1.82, 2.24) is 16.0 Å². The van der Waals surface area contributed by atoms with Crippen molar-refractivity contribution in [2.45, 2.75) is 62.9 Å². The van der Waals surface area contributed by atoms with Gasteiger partial charge in [-0.3, -0.25) is 14.4 Å². The number of hydrogen-bond donors (Lipinski definition) is 8. The number of aliphatic carboxylic acids is 1. The predicted molar refractivity (Wildman–Crippen MR) is 130 cm³/mol. The average molecular weight is 498 g/mol. The molecule has 0 aliphatic heterocycles. The Balaban J connectivity index is 2.97. The summed E-state index contributed by atoms with van der Waals surface area (Å²) in [4.78, 5) is 49.6. The molecule has 12 heteroatoms. The fourth-order valence-electron chi connectivity index (χ4n) is 3.09. The molecule has 0 saturated carbocycles. The van der Waals surface area contributed by atoms with Gasteiger partial charge in [0.15, 0.2) is 0 Å². The maximum atomic E-state index is 12.9. The highest BCUT2D eigenvalue weighted by Gasteiger charge is 2.32. The number of unbranched alkanes of at least 4 members (excludes halogenated alkanes) is 1. The first-order chi connectivity index (χ1) is 16.1. The van der Waals surface area contributed by atoms with E-state index in [-0.39, 0.29) is 18.6 Å². The molecule has 0 bridgehead atoms. The van der Waals surface area contributed by atoms with Gasteiger partial charge in [-0.1, -0.05) is 30.3 Å². The number of amides is 3. The molecule has 0 saturated heterocycles. The summed E-state index contributed by atoms with van der Waals surface area (Å²) in [7, 11) is 0. The van der Waals surface area contributed by atoms with Crippen LogP contribution in [0, 0.1) is 0 Å². The number of nitrogens with one attached hydrogen (secondary N) is 3. The number of hydrogen-bond acceptors (Lipinski definition) is 8. The SMILES string of the molecule is CC(O)C(NC(=O)C(N)CS)C(=O)NC(CCCCN)C(=O)NC(Cc1ccccc1)C(=O)O. The fraction of sp³-hybridized carbons (Fsp3) is 0.545. The molecular formula is C22H35N5O6S. The predicted octanol–water partition coefficient (Wildman–Crippen LogP) is -1.46. The van der Waals surface area contributed by atoms with Crippen LogP contribution in [0.3, 0.4) is 0 Å². The van der Waals surface area contributed by atoms with Crippen LogP contribution >= 0.6 is 12.6 Å². The lowest BCUT2D eigenvalue weighted by molar-refractivity contribution is -0.142. The summed E-state index contributed by atoms with van der Waals surface area (Å²) in [6.45, 7) is 1.68. The smallest absolute Gasteiger partial charge is 0.326 e. The fourth-order valence-corrected chi connectivity index (χ4v) is 3.26. The first kappa shape index (κ1) is 29.4. The summed E-state index contributed by atoms with van der Waals surface area (Å²) in [5.41, 5.74) is 11.8. The van der Waals surface area contributed by atoms with E-state index in [9.17, 15) is 29.4 Å². The third kappa shape index (κ3) is 10.1. The molecule has 9 N–H and O–H groups in total. The second kappa shape index (κ2) is 15.3. The second-order valence-electron chi connectivity index (χ2n) is 7.95. The number of aliphatic hydroxyl groups is 1. The van der Waals surface area contributed by atoms with Crippen molar-refractivity contribution in [2.75, 3.05) is 12.3 Å². The zero-order chi connectivity index (χ0) is 25.7. The number of thiol groups is 1. The monoisotopic (exact) mass is 497 g/mol. The molecule has 0 fully saturated rings. The second-order valence-corrected chi connectivity index (χ2v) is 8.32. The van der Waals surface area contributed by atoms with Crippen molar-refractivity contribution < 1.29 is 29.4 Å². The Labute approximate surface area is 204 Å². The third-order valence-electron chi connectivity index (χ3n) is 5.07. The minimum absolute atomic E-state index is 0.0299. The van der Waals surface area contributed by atoms with Crippen LogP contribution < -0.4 is 27.4 Å². The van der Waals surface area contributed by atoms with Gasteiger partial charge in [0.1, 0.15) is 18.1 Å². The lowest BCUT2D eigenvalue weighted by Crippen LogP contribution is -2.60. The number of benzene rings is 1. The normalized spacial score (nSPS) is 15.3. The summed E-state index contributed by atoms with van der Waals surface area (Å²) in [6.07, 6.45) is 0.0252. The molecule has 3 amide bonds. The van der Waals surface area contributed by atoms with E-state index in [4.69, 9.17) is 11.5 Å². The van der Waals surface area contributed by atoms with Crippen LogP contribution in [0.1, 0.15) is 31.7 Å². The standard InChI is InChI=1S/C22H35N5O6S/c1-13(28)18(27-19(29)15(24)12-34)21(31)25-16(9-5-6-10-23)20(30)26-17(22(32)33)11-14-7-3-2-4-8-14/h2-4,7-8,13,15-18,28,34H,5-6,9-12,23-24H2,1H3,(H,25,31)(H,26,30)(H,27,29)(H,32,33). The van der Waals surface area contributed by atoms with Crippen molar-refractivity contribution in [1.29, 1.82) is 0 Å². The van der Waals surface area contributed by atoms with E-state index in [1.807, 2.05) is 0 Å². The van der Waals surface area contributed by atoms with Crippen LogP contribution in [-0.2, 0) is 25.6 Å². The Hall–Kier alpha value is -2.67. The Bertz CT molecular complexity index is 810. The van der Waals surface area contributed by atoms with E-state index in [1.165, 1.54) is 6.92 Å². The van der Waals surface area contributed by atoms with Crippen LogP contribution in [0.25, 0.3) is 0 Å². The number of carbonyl (C=O) groups excluding carboxylic acids is 3. The lowest BCUT2D eigenvalue weighted by atomic mass is 10.0. The number of rotatable bonds is 15.